The van der Waals surface area contributed by atoms with Crippen LogP contribution in [0.3, 0.4) is 0 Å². The first-order valence-corrected chi connectivity index (χ1v) is 11.5. The van der Waals surface area contributed by atoms with Crippen molar-refractivity contribution in [2.24, 2.45) is 0 Å². The van der Waals surface area contributed by atoms with Crippen LogP contribution in [0.5, 0.6) is 0 Å². The van der Waals surface area contributed by atoms with Gasteiger partial charge in [-0.15, -0.1) is 0 Å². The van der Waals surface area contributed by atoms with Crippen LogP contribution in [0.4, 0.5) is 10.5 Å². The summed E-state index contributed by atoms with van der Waals surface area (Å²) in [5.41, 5.74) is 2.80. The molecule has 8 nitrogen and oxygen atoms in total. The summed E-state index contributed by atoms with van der Waals surface area (Å²) in [4.78, 5) is 42.5. The van der Waals surface area contributed by atoms with Gasteiger partial charge in [0.1, 0.15) is 5.60 Å². The Labute approximate surface area is 189 Å². The fraction of sp³-hybridized carbons (Fsp3) is 0.625. The zero-order valence-electron chi connectivity index (χ0n) is 19.5. The van der Waals surface area contributed by atoms with Gasteiger partial charge in [-0.2, -0.15) is 0 Å². The zero-order valence-corrected chi connectivity index (χ0v) is 19.5. The number of piperazine rings is 1. The number of rotatable bonds is 3. The van der Waals surface area contributed by atoms with E-state index in [1.165, 1.54) is 5.69 Å². The Balaban J connectivity index is 1.28. The minimum absolute atomic E-state index is 0.181. The number of nitrogens with zero attached hydrogens (tertiary/aromatic N) is 3. The van der Waals surface area contributed by atoms with Crippen LogP contribution in [0.1, 0.15) is 50.7 Å². The zero-order chi connectivity index (χ0) is 23.0. The number of hydrogen-bond acceptors (Lipinski definition) is 6. The monoisotopic (exact) mass is 442 g/mol. The number of ether oxygens (including phenoxy) is 1. The molecule has 1 unspecified atom stereocenters. The first kappa shape index (κ1) is 22.6. The average Bonchev–Trinajstić information content (AvgIpc) is 2.67. The van der Waals surface area contributed by atoms with Gasteiger partial charge in [-0.3, -0.25) is 19.8 Å². The number of piperidine rings is 1. The Kier molecular flexibility index (Phi) is 6.16. The molecule has 1 N–H and O–H groups in total. The molecule has 4 rings (SSSR count). The van der Waals surface area contributed by atoms with Crippen LogP contribution in [0.2, 0.25) is 0 Å². The minimum Gasteiger partial charge on any atom is -0.444 e. The van der Waals surface area contributed by atoms with Crippen LogP contribution in [-0.4, -0.2) is 78.6 Å². The predicted molar refractivity (Wildman–Crippen MR) is 122 cm³/mol. The number of amides is 3. The third kappa shape index (κ3) is 4.90. The third-order valence-electron chi connectivity index (χ3n) is 6.58. The molecule has 0 aromatic heterocycles. The fourth-order valence-electron chi connectivity index (χ4n) is 4.73. The molecule has 0 radical (unpaired) electrons. The van der Waals surface area contributed by atoms with E-state index in [2.05, 4.69) is 27.2 Å². The SMILES string of the molecule is Cc1cc(N2CC(N3CCN(C(=O)OC(C)(C)C)CC3)C2)ccc1C1CCC(=O)NC1=O. The van der Waals surface area contributed by atoms with Gasteiger partial charge in [-0.05, 0) is 57.4 Å². The largest absolute Gasteiger partial charge is 0.444 e. The lowest BCUT2D eigenvalue weighted by Gasteiger charge is -2.49. The second-order valence-corrected chi connectivity index (χ2v) is 10.1. The van der Waals surface area contributed by atoms with Gasteiger partial charge < -0.3 is 14.5 Å². The van der Waals surface area contributed by atoms with E-state index in [4.69, 9.17) is 4.74 Å². The van der Waals surface area contributed by atoms with E-state index in [0.29, 0.717) is 32.0 Å². The summed E-state index contributed by atoms with van der Waals surface area (Å²) < 4.78 is 5.48. The summed E-state index contributed by atoms with van der Waals surface area (Å²) in [6.07, 6.45) is 0.748. The number of carbonyl (C=O) groups excluding carboxylic acids is 3. The smallest absolute Gasteiger partial charge is 0.410 e. The van der Waals surface area contributed by atoms with Crippen molar-refractivity contribution in [2.75, 3.05) is 44.2 Å². The second-order valence-electron chi connectivity index (χ2n) is 10.1. The van der Waals surface area contributed by atoms with Gasteiger partial charge in [0.25, 0.3) is 0 Å². The van der Waals surface area contributed by atoms with Gasteiger partial charge >= 0.3 is 6.09 Å². The third-order valence-corrected chi connectivity index (χ3v) is 6.58. The van der Waals surface area contributed by atoms with Gasteiger partial charge in [-0.25, -0.2) is 4.79 Å². The quantitative estimate of drug-likeness (QED) is 0.723. The highest BCUT2D eigenvalue weighted by atomic mass is 16.6. The molecule has 3 heterocycles. The maximum Gasteiger partial charge on any atom is 0.410 e. The Morgan fingerprint density at radius 1 is 1.09 bits per heavy atom. The molecule has 3 fully saturated rings. The van der Waals surface area contributed by atoms with Crippen LogP contribution in [-0.2, 0) is 14.3 Å². The highest BCUT2D eigenvalue weighted by Gasteiger charge is 2.36. The van der Waals surface area contributed by atoms with Crippen LogP contribution >= 0.6 is 0 Å². The molecule has 3 aliphatic heterocycles. The molecule has 0 spiro atoms. The van der Waals surface area contributed by atoms with Gasteiger partial charge in [0.15, 0.2) is 0 Å². The summed E-state index contributed by atoms with van der Waals surface area (Å²) >= 11 is 0. The van der Waals surface area contributed by atoms with Crippen LogP contribution in [0, 0.1) is 6.92 Å². The van der Waals surface area contributed by atoms with Crippen molar-refractivity contribution in [2.45, 2.75) is 58.1 Å². The Hall–Kier alpha value is -2.61. The Bertz CT molecular complexity index is 896. The van der Waals surface area contributed by atoms with E-state index in [9.17, 15) is 14.4 Å². The topological polar surface area (TPSA) is 82.2 Å². The molecule has 1 aromatic carbocycles. The molecule has 32 heavy (non-hydrogen) atoms. The van der Waals surface area contributed by atoms with Gasteiger partial charge in [0.05, 0.1) is 5.92 Å². The lowest BCUT2D eigenvalue weighted by Crippen LogP contribution is -2.63. The molecule has 3 amide bonds. The number of nitrogens with one attached hydrogen (secondary N) is 1. The number of hydrogen-bond donors (Lipinski definition) is 1. The molecule has 8 heteroatoms. The highest BCUT2D eigenvalue weighted by Crippen LogP contribution is 2.32. The van der Waals surface area contributed by atoms with E-state index in [1.807, 2.05) is 33.8 Å². The summed E-state index contributed by atoms with van der Waals surface area (Å²) in [6, 6.07) is 6.77. The molecule has 0 bridgehead atoms. The molecule has 3 aliphatic rings. The Morgan fingerprint density at radius 2 is 1.78 bits per heavy atom. The fourth-order valence-corrected chi connectivity index (χ4v) is 4.73. The highest BCUT2D eigenvalue weighted by molar-refractivity contribution is 6.01. The van der Waals surface area contributed by atoms with Crippen molar-refractivity contribution < 1.29 is 19.1 Å². The lowest BCUT2D eigenvalue weighted by molar-refractivity contribution is -0.134. The summed E-state index contributed by atoms with van der Waals surface area (Å²) in [5.74, 6) is -0.613. The molecule has 1 aromatic rings. The van der Waals surface area contributed by atoms with E-state index in [1.54, 1.807) is 4.90 Å². The summed E-state index contributed by atoms with van der Waals surface area (Å²) in [7, 11) is 0. The lowest BCUT2D eigenvalue weighted by atomic mass is 9.87. The standard InChI is InChI=1S/C24H34N4O4/c1-16-13-17(5-6-19(16)20-7-8-21(29)25-22(20)30)28-14-18(15-28)26-9-11-27(12-10-26)23(31)32-24(2,3)4/h5-6,13,18,20H,7-12,14-15H2,1-4H3,(H,25,29,30). The maximum absolute atomic E-state index is 12.3. The maximum atomic E-state index is 12.3. The second kappa shape index (κ2) is 8.73. The van der Waals surface area contributed by atoms with Gasteiger partial charge in [0, 0.05) is 57.4 Å². The van der Waals surface area contributed by atoms with Crippen LogP contribution in [0.15, 0.2) is 18.2 Å². The van der Waals surface area contributed by atoms with E-state index in [0.717, 1.165) is 37.3 Å². The average molecular weight is 443 g/mol. The van der Waals surface area contributed by atoms with Crippen LogP contribution < -0.4 is 10.2 Å². The molecule has 1 atom stereocenters. The Morgan fingerprint density at radius 3 is 2.38 bits per heavy atom. The van der Waals surface area contributed by atoms with E-state index in [-0.39, 0.29) is 23.8 Å². The molecule has 0 aliphatic carbocycles. The summed E-state index contributed by atoms with van der Waals surface area (Å²) in [6.45, 7) is 12.8. The van der Waals surface area contributed by atoms with Gasteiger partial charge in [0.2, 0.25) is 11.8 Å². The van der Waals surface area contributed by atoms with E-state index < -0.39 is 5.60 Å². The number of imide groups is 1. The van der Waals surface area contributed by atoms with Crippen molar-refractivity contribution in [3.8, 4) is 0 Å². The van der Waals surface area contributed by atoms with Crippen molar-refractivity contribution >= 4 is 23.6 Å². The molecule has 3 saturated heterocycles. The summed E-state index contributed by atoms with van der Waals surface area (Å²) in [5, 5.41) is 2.45. The molecule has 174 valence electrons. The van der Waals surface area contributed by atoms with Crippen LogP contribution in [0.25, 0.3) is 0 Å². The van der Waals surface area contributed by atoms with Gasteiger partial charge in [-0.1, -0.05) is 6.07 Å². The normalized spacial score (nSPS) is 23.1. The predicted octanol–water partition coefficient (Wildman–Crippen LogP) is 2.26. The number of anilines is 1. The first-order valence-electron chi connectivity index (χ1n) is 11.5. The van der Waals surface area contributed by atoms with Crippen molar-refractivity contribution in [1.29, 1.82) is 0 Å². The molecular weight excluding hydrogens is 408 g/mol. The number of carbonyl (C=O) groups is 3. The van der Waals surface area contributed by atoms with Crippen molar-refractivity contribution in [3.63, 3.8) is 0 Å². The number of benzene rings is 1. The molecule has 0 saturated carbocycles. The van der Waals surface area contributed by atoms with E-state index >= 15 is 0 Å². The minimum atomic E-state index is -0.464. The molecular formula is C24H34N4O4. The number of aryl methyl sites for hydroxylation is 1. The van der Waals surface area contributed by atoms with Crippen molar-refractivity contribution in [1.82, 2.24) is 15.1 Å². The first-order chi connectivity index (χ1) is 15.1. The van der Waals surface area contributed by atoms with Crippen molar-refractivity contribution in [3.05, 3.63) is 29.3 Å².